The first kappa shape index (κ1) is 15.6. The number of ether oxygens (including phenoxy) is 1. The van der Waals surface area contributed by atoms with Crippen molar-refractivity contribution in [3.8, 4) is 5.75 Å². The zero-order chi connectivity index (χ0) is 16.4. The van der Waals surface area contributed by atoms with E-state index in [1.54, 1.807) is 35.2 Å². The summed E-state index contributed by atoms with van der Waals surface area (Å²) >= 11 is 5.87. The Balaban J connectivity index is 1.92. The number of Topliss-reactive ketones (excluding diaryl/α,β-unsaturated/α-hetero) is 1. The van der Waals surface area contributed by atoms with E-state index >= 15 is 0 Å². The fraction of sp³-hybridized carbons (Fsp3) is 0.222. The minimum Gasteiger partial charge on any atom is -0.495 e. The lowest BCUT2D eigenvalue weighted by Crippen LogP contribution is -2.38. The SMILES string of the molecule is COc1cccc2c1N(C(=O)Cc1ccc(Cl)cc1)CCC2=O. The molecule has 4 nitrogen and oxygen atoms in total. The Kier molecular flexibility index (Phi) is 4.35. The van der Waals surface area contributed by atoms with Crippen molar-refractivity contribution < 1.29 is 14.3 Å². The highest BCUT2D eigenvalue weighted by atomic mass is 35.5. The second-order valence-electron chi connectivity index (χ2n) is 5.38. The van der Waals surface area contributed by atoms with Gasteiger partial charge >= 0.3 is 0 Å². The zero-order valence-electron chi connectivity index (χ0n) is 12.7. The number of methoxy groups -OCH3 is 1. The van der Waals surface area contributed by atoms with Crippen molar-refractivity contribution in [3.05, 3.63) is 58.6 Å². The van der Waals surface area contributed by atoms with Gasteiger partial charge in [-0.05, 0) is 29.8 Å². The van der Waals surface area contributed by atoms with Gasteiger partial charge in [0.2, 0.25) is 5.91 Å². The molecule has 0 aromatic heterocycles. The lowest BCUT2D eigenvalue weighted by atomic mass is 9.98. The summed E-state index contributed by atoms with van der Waals surface area (Å²) in [6, 6.07) is 12.5. The first-order valence-electron chi connectivity index (χ1n) is 7.35. The molecular formula is C18H16ClNO3. The number of hydrogen-bond donors (Lipinski definition) is 0. The van der Waals surface area contributed by atoms with Crippen molar-refractivity contribution in [2.24, 2.45) is 0 Å². The Morgan fingerprint density at radius 1 is 1.22 bits per heavy atom. The van der Waals surface area contributed by atoms with Crippen LogP contribution in [0.15, 0.2) is 42.5 Å². The van der Waals surface area contributed by atoms with Gasteiger partial charge in [0.1, 0.15) is 5.75 Å². The van der Waals surface area contributed by atoms with Crippen LogP contribution in [0, 0.1) is 0 Å². The fourth-order valence-electron chi connectivity index (χ4n) is 2.77. The molecule has 23 heavy (non-hydrogen) atoms. The van der Waals surface area contributed by atoms with E-state index in [2.05, 4.69) is 0 Å². The van der Waals surface area contributed by atoms with E-state index in [4.69, 9.17) is 16.3 Å². The predicted molar refractivity (Wildman–Crippen MR) is 89.5 cm³/mol. The van der Waals surface area contributed by atoms with Crippen LogP contribution in [0.2, 0.25) is 5.02 Å². The summed E-state index contributed by atoms with van der Waals surface area (Å²) in [7, 11) is 1.54. The predicted octanol–water partition coefficient (Wildman–Crippen LogP) is 3.51. The number of rotatable bonds is 3. The molecule has 1 heterocycles. The number of carbonyl (C=O) groups is 2. The van der Waals surface area contributed by atoms with Crippen LogP contribution in [0.4, 0.5) is 5.69 Å². The summed E-state index contributed by atoms with van der Waals surface area (Å²) < 4.78 is 5.34. The number of benzene rings is 2. The van der Waals surface area contributed by atoms with Gasteiger partial charge in [0.15, 0.2) is 5.78 Å². The first-order valence-corrected chi connectivity index (χ1v) is 7.73. The molecule has 0 aliphatic carbocycles. The molecule has 5 heteroatoms. The molecule has 0 spiro atoms. The number of amides is 1. The van der Waals surface area contributed by atoms with Crippen molar-refractivity contribution in [2.45, 2.75) is 12.8 Å². The molecule has 0 N–H and O–H groups in total. The summed E-state index contributed by atoms with van der Waals surface area (Å²) in [5, 5.41) is 0.636. The van der Waals surface area contributed by atoms with E-state index in [0.29, 0.717) is 35.0 Å². The van der Waals surface area contributed by atoms with Crippen LogP contribution in [0.3, 0.4) is 0 Å². The summed E-state index contributed by atoms with van der Waals surface area (Å²) in [5.41, 5.74) is 2.00. The van der Waals surface area contributed by atoms with Gasteiger partial charge in [-0.2, -0.15) is 0 Å². The number of halogens is 1. The molecule has 1 aliphatic rings. The van der Waals surface area contributed by atoms with E-state index in [9.17, 15) is 9.59 Å². The third-order valence-corrected chi connectivity index (χ3v) is 4.17. The van der Waals surface area contributed by atoms with Crippen LogP contribution in [0.25, 0.3) is 0 Å². The number of ketones is 1. The van der Waals surface area contributed by atoms with Crippen LogP contribution >= 0.6 is 11.6 Å². The third kappa shape index (κ3) is 3.08. The van der Waals surface area contributed by atoms with Crippen molar-refractivity contribution in [3.63, 3.8) is 0 Å². The normalized spacial score (nSPS) is 13.7. The molecule has 0 unspecified atom stereocenters. The summed E-state index contributed by atoms with van der Waals surface area (Å²) in [4.78, 5) is 26.5. The number of fused-ring (bicyclic) bond motifs is 1. The van der Waals surface area contributed by atoms with Crippen LogP contribution in [0.5, 0.6) is 5.75 Å². The average molecular weight is 330 g/mol. The Hall–Kier alpha value is -2.33. The summed E-state index contributed by atoms with van der Waals surface area (Å²) in [5.74, 6) is 0.514. The Morgan fingerprint density at radius 2 is 1.96 bits per heavy atom. The molecule has 0 atom stereocenters. The Labute approximate surface area is 139 Å². The van der Waals surface area contributed by atoms with Crippen molar-refractivity contribution in [1.82, 2.24) is 0 Å². The highest BCUT2D eigenvalue weighted by Crippen LogP contribution is 2.36. The van der Waals surface area contributed by atoms with Gasteiger partial charge in [0, 0.05) is 23.6 Å². The number of nitrogens with zero attached hydrogens (tertiary/aromatic N) is 1. The molecule has 0 fully saturated rings. The highest BCUT2D eigenvalue weighted by Gasteiger charge is 2.30. The molecule has 0 radical (unpaired) electrons. The van der Waals surface area contributed by atoms with Crippen molar-refractivity contribution in [2.75, 3.05) is 18.6 Å². The summed E-state index contributed by atoms with van der Waals surface area (Å²) in [6.45, 7) is 0.374. The van der Waals surface area contributed by atoms with Crippen molar-refractivity contribution >= 4 is 29.0 Å². The van der Waals surface area contributed by atoms with Gasteiger partial charge in [-0.1, -0.05) is 29.8 Å². The molecule has 2 aromatic carbocycles. The summed E-state index contributed by atoms with van der Waals surface area (Å²) in [6.07, 6.45) is 0.579. The first-order chi connectivity index (χ1) is 11.1. The van der Waals surface area contributed by atoms with Crippen LogP contribution in [-0.2, 0) is 11.2 Å². The lowest BCUT2D eigenvalue weighted by molar-refractivity contribution is -0.118. The van der Waals surface area contributed by atoms with Crippen molar-refractivity contribution in [1.29, 1.82) is 0 Å². The quantitative estimate of drug-likeness (QED) is 0.865. The number of hydrogen-bond acceptors (Lipinski definition) is 3. The van der Waals surface area contributed by atoms with Crippen LogP contribution in [-0.4, -0.2) is 25.3 Å². The van der Waals surface area contributed by atoms with Gasteiger partial charge in [-0.3, -0.25) is 9.59 Å². The molecule has 3 rings (SSSR count). The molecule has 1 amide bonds. The van der Waals surface area contributed by atoms with E-state index in [1.807, 2.05) is 12.1 Å². The second kappa shape index (κ2) is 6.42. The third-order valence-electron chi connectivity index (χ3n) is 3.92. The average Bonchev–Trinajstić information content (AvgIpc) is 2.57. The van der Waals surface area contributed by atoms with Gasteiger partial charge in [0.05, 0.1) is 19.2 Å². The molecule has 0 bridgehead atoms. The minimum atomic E-state index is -0.0643. The van der Waals surface area contributed by atoms with Gasteiger partial charge < -0.3 is 9.64 Å². The smallest absolute Gasteiger partial charge is 0.231 e. The second-order valence-corrected chi connectivity index (χ2v) is 5.81. The number of anilines is 1. The topological polar surface area (TPSA) is 46.6 Å². The van der Waals surface area contributed by atoms with E-state index in [0.717, 1.165) is 5.56 Å². The maximum atomic E-state index is 12.7. The number of para-hydroxylation sites is 1. The minimum absolute atomic E-state index is 0.0365. The molecule has 0 saturated carbocycles. The van der Waals surface area contributed by atoms with Crippen LogP contribution in [0.1, 0.15) is 22.3 Å². The van der Waals surface area contributed by atoms with E-state index in [-0.39, 0.29) is 18.1 Å². The van der Waals surface area contributed by atoms with Crippen LogP contribution < -0.4 is 9.64 Å². The molecule has 118 valence electrons. The standard InChI is InChI=1S/C18H16ClNO3/c1-23-16-4-2-3-14-15(21)9-10-20(18(14)16)17(22)11-12-5-7-13(19)8-6-12/h2-8H,9-11H2,1H3. The maximum Gasteiger partial charge on any atom is 0.231 e. The molecule has 0 saturated heterocycles. The largest absolute Gasteiger partial charge is 0.495 e. The van der Waals surface area contributed by atoms with Gasteiger partial charge in [0.25, 0.3) is 0 Å². The zero-order valence-corrected chi connectivity index (χ0v) is 13.5. The fourth-order valence-corrected chi connectivity index (χ4v) is 2.90. The Morgan fingerprint density at radius 3 is 2.65 bits per heavy atom. The van der Waals surface area contributed by atoms with Gasteiger partial charge in [-0.15, -0.1) is 0 Å². The number of carbonyl (C=O) groups excluding carboxylic acids is 2. The molecule has 2 aromatic rings. The Bertz CT molecular complexity index is 755. The van der Waals surface area contributed by atoms with E-state index < -0.39 is 0 Å². The van der Waals surface area contributed by atoms with E-state index in [1.165, 1.54) is 7.11 Å². The lowest BCUT2D eigenvalue weighted by Gasteiger charge is -2.30. The monoisotopic (exact) mass is 329 g/mol. The highest BCUT2D eigenvalue weighted by molar-refractivity contribution is 6.30. The van der Waals surface area contributed by atoms with Gasteiger partial charge in [-0.25, -0.2) is 0 Å². The molecule has 1 aliphatic heterocycles. The maximum absolute atomic E-state index is 12.7. The molecular weight excluding hydrogens is 314 g/mol.